The molecule has 0 aliphatic rings. The van der Waals surface area contributed by atoms with Crippen molar-refractivity contribution in [2.75, 3.05) is 6.61 Å². The number of fused-ring (bicyclic) bond motifs is 1. The fraction of sp³-hybridized carbons (Fsp3) is 0.273. The zero-order valence-corrected chi connectivity index (χ0v) is 9.83. The van der Waals surface area contributed by atoms with Crippen molar-refractivity contribution >= 4 is 22.9 Å². The topological polar surface area (TPSA) is 128 Å². The molecule has 8 heteroatoms. The number of benzene rings is 1. The van der Waals surface area contributed by atoms with Gasteiger partial charge in [-0.25, -0.2) is 4.79 Å². The molecule has 0 spiro atoms. The van der Waals surface area contributed by atoms with Crippen LogP contribution in [0, 0.1) is 0 Å². The van der Waals surface area contributed by atoms with Crippen LogP contribution in [0.15, 0.2) is 18.2 Å². The van der Waals surface area contributed by atoms with E-state index in [0.717, 1.165) is 0 Å². The smallest absolute Gasteiger partial charge is 0.326 e. The SMILES string of the molecule is O=C(N[C@H](CCO)C(=O)O)c1ccc2n[nH]nc2c1. The van der Waals surface area contributed by atoms with Crippen molar-refractivity contribution in [1.82, 2.24) is 20.7 Å². The van der Waals surface area contributed by atoms with Crippen LogP contribution in [0.25, 0.3) is 11.0 Å². The van der Waals surface area contributed by atoms with Gasteiger partial charge in [-0.2, -0.15) is 15.4 Å². The van der Waals surface area contributed by atoms with E-state index in [-0.39, 0.29) is 18.6 Å². The van der Waals surface area contributed by atoms with Crippen molar-refractivity contribution in [3.05, 3.63) is 23.8 Å². The maximum absolute atomic E-state index is 11.9. The largest absolute Gasteiger partial charge is 0.480 e. The number of aromatic nitrogens is 3. The summed E-state index contributed by atoms with van der Waals surface area (Å²) in [5.41, 5.74) is 1.41. The molecule has 2 aromatic rings. The van der Waals surface area contributed by atoms with Crippen molar-refractivity contribution in [3.8, 4) is 0 Å². The van der Waals surface area contributed by atoms with Gasteiger partial charge in [0.2, 0.25) is 0 Å². The monoisotopic (exact) mass is 264 g/mol. The molecule has 1 aromatic carbocycles. The van der Waals surface area contributed by atoms with Crippen LogP contribution in [0.1, 0.15) is 16.8 Å². The molecule has 0 fully saturated rings. The first-order chi connectivity index (χ1) is 9.11. The number of nitrogens with zero attached hydrogens (tertiary/aromatic N) is 2. The summed E-state index contributed by atoms with van der Waals surface area (Å²) in [6, 6.07) is 3.52. The Morgan fingerprint density at radius 3 is 2.74 bits per heavy atom. The minimum absolute atomic E-state index is 0.0483. The van der Waals surface area contributed by atoms with Crippen LogP contribution in [0.4, 0.5) is 0 Å². The lowest BCUT2D eigenvalue weighted by atomic mass is 10.1. The Labute approximate surface area is 107 Å². The number of carboxylic acids is 1. The van der Waals surface area contributed by atoms with Gasteiger partial charge in [-0.15, -0.1) is 0 Å². The highest BCUT2D eigenvalue weighted by Gasteiger charge is 2.20. The highest BCUT2D eigenvalue weighted by Crippen LogP contribution is 2.10. The summed E-state index contributed by atoms with van der Waals surface area (Å²) >= 11 is 0. The lowest BCUT2D eigenvalue weighted by Crippen LogP contribution is -2.41. The molecule has 1 atom stereocenters. The minimum atomic E-state index is -1.19. The Morgan fingerprint density at radius 2 is 2.05 bits per heavy atom. The van der Waals surface area contributed by atoms with Crippen molar-refractivity contribution in [3.63, 3.8) is 0 Å². The van der Waals surface area contributed by atoms with Gasteiger partial charge in [0.15, 0.2) is 0 Å². The number of carboxylic acid groups (broad SMARTS) is 1. The van der Waals surface area contributed by atoms with Crippen LogP contribution in [-0.2, 0) is 4.79 Å². The normalized spacial score (nSPS) is 12.3. The van der Waals surface area contributed by atoms with Crippen LogP contribution in [0.2, 0.25) is 0 Å². The summed E-state index contributed by atoms with van der Waals surface area (Å²) in [7, 11) is 0. The molecule has 19 heavy (non-hydrogen) atoms. The van der Waals surface area contributed by atoms with E-state index in [1.807, 2.05) is 0 Å². The molecular weight excluding hydrogens is 252 g/mol. The molecule has 1 heterocycles. The van der Waals surface area contributed by atoms with Gasteiger partial charge in [-0.3, -0.25) is 4.79 Å². The second-order valence-electron chi connectivity index (χ2n) is 3.90. The third kappa shape index (κ3) is 2.86. The number of aliphatic carboxylic acids is 1. The fourth-order valence-corrected chi connectivity index (χ4v) is 1.61. The number of amides is 1. The predicted octanol–water partition coefficient (Wildman–Crippen LogP) is -0.477. The molecule has 0 aliphatic carbocycles. The summed E-state index contributed by atoms with van der Waals surface area (Å²) in [6.07, 6.45) is -0.0483. The number of nitrogens with one attached hydrogen (secondary N) is 2. The minimum Gasteiger partial charge on any atom is -0.480 e. The van der Waals surface area contributed by atoms with Gasteiger partial charge in [-0.05, 0) is 18.2 Å². The van der Waals surface area contributed by atoms with Crippen LogP contribution in [-0.4, -0.2) is 50.1 Å². The van der Waals surface area contributed by atoms with Gasteiger partial charge in [0, 0.05) is 18.6 Å². The maximum atomic E-state index is 11.9. The molecule has 0 aliphatic heterocycles. The van der Waals surface area contributed by atoms with Crippen LogP contribution in [0.3, 0.4) is 0 Å². The van der Waals surface area contributed by atoms with Crippen LogP contribution in [0.5, 0.6) is 0 Å². The van der Waals surface area contributed by atoms with Gasteiger partial charge in [0.25, 0.3) is 5.91 Å². The van der Waals surface area contributed by atoms with Gasteiger partial charge in [-0.1, -0.05) is 0 Å². The molecule has 0 bridgehead atoms. The Kier molecular flexibility index (Phi) is 3.71. The van der Waals surface area contributed by atoms with E-state index < -0.39 is 17.9 Å². The summed E-state index contributed by atoms with van der Waals surface area (Å²) in [6.45, 7) is -0.320. The second-order valence-corrected chi connectivity index (χ2v) is 3.90. The third-order valence-electron chi connectivity index (χ3n) is 2.60. The zero-order chi connectivity index (χ0) is 13.8. The number of hydrogen-bond donors (Lipinski definition) is 4. The van der Waals surface area contributed by atoms with E-state index in [1.54, 1.807) is 6.07 Å². The van der Waals surface area contributed by atoms with Crippen molar-refractivity contribution in [2.24, 2.45) is 0 Å². The molecule has 0 unspecified atom stereocenters. The van der Waals surface area contributed by atoms with Gasteiger partial charge >= 0.3 is 5.97 Å². The molecule has 0 radical (unpaired) electrons. The number of hydrogen-bond acceptors (Lipinski definition) is 5. The number of carbonyl (C=O) groups is 2. The number of carbonyl (C=O) groups excluding carboxylic acids is 1. The average molecular weight is 264 g/mol. The number of H-pyrrole nitrogens is 1. The molecule has 0 saturated carbocycles. The number of aromatic amines is 1. The van der Waals surface area contributed by atoms with E-state index >= 15 is 0 Å². The van der Waals surface area contributed by atoms with Crippen LogP contribution < -0.4 is 5.32 Å². The van der Waals surface area contributed by atoms with Crippen molar-refractivity contribution < 1.29 is 19.8 Å². The number of aliphatic hydroxyl groups is 1. The van der Waals surface area contributed by atoms with E-state index in [2.05, 4.69) is 20.7 Å². The molecule has 1 amide bonds. The number of rotatable bonds is 5. The zero-order valence-electron chi connectivity index (χ0n) is 9.83. The van der Waals surface area contributed by atoms with E-state index in [9.17, 15) is 9.59 Å². The van der Waals surface area contributed by atoms with E-state index in [1.165, 1.54) is 12.1 Å². The fourth-order valence-electron chi connectivity index (χ4n) is 1.61. The van der Waals surface area contributed by atoms with Gasteiger partial charge in [0.1, 0.15) is 17.1 Å². The Bertz CT molecular complexity index is 610. The molecular formula is C11H12N4O4. The summed E-state index contributed by atoms with van der Waals surface area (Å²) < 4.78 is 0. The first kappa shape index (κ1) is 13.0. The second kappa shape index (κ2) is 5.44. The third-order valence-corrected chi connectivity index (χ3v) is 2.60. The molecule has 8 nitrogen and oxygen atoms in total. The summed E-state index contributed by atoms with van der Waals surface area (Å²) in [5.74, 6) is -1.73. The molecule has 0 saturated heterocycles. The van der Waals surface area contributed by atoms with E-state index in [4.69, 9.17) is 10.2 Å². The molecule has 100 valence electrons. The summed E-state index contributed by atoms with van der Waals surface area (Å²) in [5, 5.41) is 30.1. The lowest BCUT2D eigenvalue weighted by molar-refractivity contribution is -0.139. The quantitative estimate of drug-likeness (QED) is 0.577. The highest BCUT2D eigenvalue weighted by atomic mass is 16.4. The van der Waals surface area contributed by atoms with Crippen molar-refractivity contribution in [2.45, 2.75) is 12.5 Å². The Balaban J connectivity index is 2.16. The maximum Gasteiger partial charge on any atom is 0.326 e. The first-order valence-electron chi connectivity index (χ1n) is 5.57. The first-order valence-corrected chi connectivity index (χ1v) is 5.57. The van der Waals surface area contributed by atoms with Crippen LogP contribution >= 0.6 is 0 Å². The molecule has 1 aromatic heterocycles. The summed E-state index contributed by atoms with van der Waals surface area (Å²) in [4.78, 5) is 22.8. The van der Waals surface area contributed by atoms with Crippen molar-refractivity contribution in [1.29, 1.82) is 0 Å². The Morgan fingerprint density at radius 1 is 1.32 bits per heavy atom. The lowest BCUT2D eigenvalue weighted by Gasteiger charge is -2.12. The van der Waals surface area contributed by atoms with Gasteiger partial charge < -0.3 is 15.5 Å². The highest BCUT2D eigenvalue weighted by molar-refractivity contribution is 5.98. The average Bonchev–Trinajstić information content (AvgIpc) is 2.85. The Hall–Kier alpha value is -2.48. The molecule has 4 N–H and O–H groups in total. The number of aliphatic hydroxyl groups excluding tert-OH is 1. The molecule has 2 rings (SSSR count). The standard InChI is InChI=1S/C11H12N4O4/c16-4-3-8(11(18)19)12-10(17)6-1-2-7-9(5-6)14-15-13-7/h1-2,5,8,16H,3-4H2,(H,12,17)(H,18,19)(H,13,14,15)/t8-/m1/s1. The van der Waals surface area contributed by atoms with Gasteiger partial charge in [0.05, 0.1) is 0 Å². The predicted molar refractivity (Wildman–Crippen MR) is 64.5 cm³/mol. The van der Waals surface area contributed by atoms with E-state index in [0.29, 0.717) is 11.0 Å².